The molecule has 0 radical (unpaired) electrons. The smallest absolute Gasteiger partial charge is 0.417 e. The first kappa shape index (κ1) is 16.2. The van der Waals surface area contributed by atoms with Crippen molar-refractivity contribution in [2.45, 2.75) is 52.2 Å². The Hall–Kier alpha value is -1.85. The molecule has 0 aromatic carbocycles. The molecule has 6 heteroatoms. The van der Waals surface area contributed by atoms with E-state index >= 15 is 0 Å². The molecule has 0 aromatic heterocycles. The zero-order valence-corrected chi connectivity index (χ0v) is 12.3. The Morgan fingerprint density at radius 3 is 2.20 bits per heavy atom. The molecule has 112 valence electrons. The highest BCUT2D eigenvalue weighted by atomic mass is 16.6. The molecular formula is C14H21NO5. The summed E-state index contributed by atoms with van der Waals surface area (Å²) in [5.41, 5.74) is -0.740. The second-order valence-corrected chi connectivity index (χ2v) is 5.47. The average Bonchev–Trinajstić information content (AvgIpc) is 2.80. The first-order valence-electron chi connectivity index (χ1n) is 6.64. The zero-order chi connectivity index (χ0) is 15.3. The maximum atomic E-state index is 12.1. The SMILES string of the molecule is CCOC(=O)C(=O)N(C(=O)OC(C)(C)C)C1CC=CC1. The van der Waals surface area contributed by atoms with Gasteiger partial charge in [-0.1, -0.05) is 12.2 Å². The summed E-state index contributed by atoms with van der Waals surface area (Å²) in [7, 11) is 0. The number of esters is 1. The Bertz CT molecular complexity index is 414. The van der Waals surface area contributed by atoms with E-state index in [2.05, 4.69) is 4.74 Å². The second-order valence-electron chi connectivity index (χ2n) is 5.47. The third kappa shape index (κ3) is 4.36. The normalized spacial score (nSPS) is 15.0. The fourth-order valence-electron chi connectivity index (χ4n) is 1.81. The van der Waals surface area contributed by atoms with Gasteiger partial charge in [0.15, 0.2) is 0 Å². The molecule has 1 rings (SSSR count). The minimum Gasteiger partial charge on any atom is -0.459 e. The van der Waals surface area contributed by atoms with E-state index in [9.17, 15) is 14.4 Å². The van der Waals surface area contributed by atoms with Crippen molar-refractivity contribution < 1.29 is 23.9 Å². The fraction of sp³-hybridized carbons (Fsp3) is 0.643. The monoisotopic (exact) mass is 283 g/mol. The highest BCUT2D eigenvalue weighted by molar-refractivity contribution is 6.35. The Labute approximate surface area is 118 Å². The minimum atomic E-state index is -1.04. The molecule has 0 heterocycles. The summed E-state index contributed by atoms with van der Waals surface area (Å²) < 4.78 is 9.86. The van der Waals surface area contributed by atoms with Crippen molar-refractivity contribution in [2.75, 3.05) is 6.61 Å². The molecule has 1 aliphatic carbocycles. The molecule has 20 heavy (non-hydrogen) atoms. The van der Waals surface area contributed by atoms with E-state index in [0.29, 0.717) is 12.8 Å². The Balaban J connectivity index is 2.87. The number of nitrogens with zero attached hydrogens (tertiary/aromatic N) is 1. The lowest BCUT2D eigenvalue weighted by molar-refractivity contribution is -0.160. The Morgan fingerprint density at radius 1 is 1.20 bits per heavy atom. The van der Waals surface area contributed by atoms with Crippen LogP contribution in [0.15, 0.2) is 12.2 Å². The molecule has 1 aliphatic rings. The molecule has 0 unspecified atom stereocenters. The number of hydrogen-bond acceptors (Lipinski definition) is 5. The van der Waals surface area contributed by atoms with Gasteiger partial charge in [-0.2, -0.15) is 0 Å². The van der Waals surface area contributed by atoms with Crippen molar-refractivity contribution in [1.82, 2.24) is 4.90 Å². The predicted octanol–water partition coefficient (Wildman–Crippen LogP) is 2.03. The number of hydrogen-bond donors (Lipinski definition) is 0. The molecule has 0 atom stereocenters. The molecule has 0 aliphatic heterocycles. The molecule has 0 aromatic rings. The molecule has 0 spiro atoms. The number of amides is 2. The highest BCUT2D eigenvalue weighted by Gasteiger charge is 2.37. The fourth-order valence-corrected chi connectivity index (χ4v) is 1.81. The molecule has 0 fully saturated rings. The number of rotatable bonds is 2. The van der Waals surface area contributed by atoms with Crippen LogP contribution in [0.4, 0.5) is 4.79 Å². The number of carbonyl (C=O) groups excluding carboxylic acids is 3. The van der Waals surface area contributed by atoms with E-state index in [1.165, 1.54) is 0 Å². The lowest BCUT2D eigenvalue weighted by atomic mass is 10.2. The van der Waals surface area contributed by atoms with Crippen molar-refractivity contribution in [3.63, 3.8) is 0 Å². The summed E-state index contributed by atoms with van der Waals surface area (Å²) in [6, 6.07) is -0.387. The van der Waals surface area contributed by atoms with E-state index < -0.39 is 23.6 Å². The van der Waals surface area contributed by atoms with E-state index in [-0.39, 0.29) is 12.6 Å². The molecule has 2 amide bonds. The van der Waals surface area contributed by atoms with Crippen LogP contribution in [0.2, 0.25) is 0 Å². The summed E-state index contributed by atoms with van der Waals surface area (Å²) in [5.74, 6) is -2.01. The molecule has 6 nitrogen and oxygen atoms in total. The van der Waals surface area contributed by atoms with Gasteiger partial charge < -0.3 is 9.47 Å². The zero-order valence-electron chi connectivity index (χ0n) is 12.3. The maximum Gasteiger partial charge on any atom is 0.417 e. The van der Waals surface area contributed by atoms with Crippen molar-refractivity contribution in [3.8, 4) is 0 Å². The van der Waals surface area contributed by atoms with Gasteiger partial charge >= 0.3 is 18.0 Å². The van der Waals surface area contributed by atoms with Gasteiger partial charge in [-0.3, -0.25) is 4.79 Å². The van der Waals surface area contributed by atoms with Crippen LogP contribution in [-0.4, -0.2) is 41.1 Å². The number of imide groups is 1. The molecule has 0 bridgehead atoms. The lowest BCUT2D eigenvalue weighted by Crippen LogP contribution is -2.49. The molecule has 0 saturated heterocycles. The van der Waals surface area contributed by atoms with Crippen molar-refractivity contribution in [2.24, 2.45) is 0 Å². The van der Waals surface area contributed by atoms with Crippen LogP contribution in [0, 0.1) is 0 Å². The second kappa shape index (κ2) is 6.54. The van der Waals surface area contributed by atoms with Gasteiger partial charge in [0, 0.05) is 0 Å². The van der Waals surface area contributed by atoms with Crippen LogP contribution in [-0.2, 0) is 19.1 Å². The first-order chi connectivity index (χ1) is 9.26. The number of carbonyl (C=O) groups is 3. The summed E-state index contributed by atoms with van der Waals surface area (Å²) in [6.07, 6.45) is 3.94. The lowest BCUT2D eigenvalue weighted by Gasteiger charge is -2.29. The molecule has 0 saturated carbocycles. The van der Waals surface area contributed by atoms with Crippen molar-refractivity contribution in [1.29, 1.82) is 0 Å². The van der Waals surface area contributed by atoms with E-state index in [1.54, 1.807) is 27.7 Å². The van der Waals surface area contributed by atoms with E-state index in [0.717, 1.165) is 4.90 Å². The van der Waals surface area contributed by atoms with Gasteiger partial charge in [0.05, 0.1) is 12.6 Å². The van der Waals surface area contributed by atoms with E-state index in [4.69, 9.17) is 4.74 Å². The quantitative estimate of drug-likeness (QED) is 0.440. The number of ether oxygens (including phenoxy) is 2. The average molecular weight is 283 g/mol. The first-order valence-corrected chi connectivity index (χ1v) is 6.64. The molecular weight excluding hydrogens is 262 g/mol. The van der Waals surface area contributed by atoms with E-state index in [1.807, 2.05) is 12.2 Å². The topological polar surface area (TPSA) is 72.9 Å². The van der Waals surface area contributed by atoms with Gasteiger partial charge in [0.1, 0.15) is 5.60 Å². The summed E-state index contributed by atoms with van der Waals surface area (Å²) in [4.78, 5) is 36.6. The van der Waals surface area contributed by atoms with Gasteiger partial charge in [-0.05, 0) is 40.5 Å². The summed E-state index contributed by atoms with van der Waals surface area (Å²) in [6.45, 7) is 6.77. The van der Waals surface area contributed by atoms with Crippen LogP contribution in [0.5, 0.6) is 0 Å². The largest absolute Gasteiger partial charge is 0.459 e. The minimum absolute atomic E-state index is 0.0790. The van der Waals surface area contributed by atoms with Crippen LogP contribution in [0.3, 0.4) is 0 Å². The summed E-state index contributed by atoms with van der Waals surface area (Å²) in [5, 5.41) is 0. The van der Waals surface area contributed by atoms with Crippen molar-refractivity contribution >= 4 is 18.0 Å². The third-order valence-corrected chi connectivity index (χ3v) is 2.61. The highest BCUT2D eigenvalue weighted by Crippen LogP contribution is 2.20. The maximum absolute atomic E-state index is 12.1. The Kier molecular flexibility index (Phi) is 5.30. The standard InChI is InChI=1S/C14H21NO5/c1-5-19-12(17)11(16)15(10-8-6-7-9-10)13(18)20-14(2,3)4/h6-7,10H,5,8-9H2,1-4H3. The van der Waals surface area contributed by atoms with Gasteiger partial charge in [0.25, 0.3) is 0 Å². The van der Waals surface area contributed by atoms with Gasteiger partial charge in [-0.15, -0.1) is 0 Å². The predicted molar refractivity (Wildman–Crippen MR) is 71.9 cm³/mol. The summed E-state index contributed by atoms with van der Waals surface area (Å²) >= 11 is 0. The van der Waals surface area contributed by atoms with Crippen LogP contribution < -0.4 is 0 Å². The van der Waals surface area contributed by atoms with Gasteiger partial charge in [-0.25, -0.2) is 14.5 Å². The third-order valence-electron chi connectivity index (χ3n) is 2.61. The molecule has 0 N–H and O–H groups in total. The van der Waals surface area contributed by atoms with Crippen LogP contribution >= 0.6 is 0 Å². The van der Waals surface area contributed by atoms with Crippen LogP contribution in [0.25, 0.3) is 0 Å². The Morgan fingerprint density at radius 2 is 1.75 bits per heavy atom. The van der Waals surface area contributed by atoms with Gasteiger partial charge in [0.2, 0.25) is 0 Å². The van der Waals surface area contributed by atoms with Crippen molar-refractivity contribution in [3.05, 3.63) is 12.2 Å². The van der Waals surface area contributed by atoms with Crippen LogP contribution in [0.1, 0.15) is 40.5 Å².